The zero-order valence-electron chi connectivity index (χ0n) is 14.5. The summed E-state index contributed by atoms with van der Waals surface area (Å²) in [5.74, 6) is 0. The van der Waals surface area contributed by atoms with E-state index in [1.54, 1.807) is 11.9 Å². The molecule has 1 aliphatic rings. The maximum absolute atomic E-state index is 11.9. The number of amides is 1. The lowest BCUT2D eigenvalue weighted by Crippen LogP contribution is -2.35. The van der Waals surface area contributed by atoms with Gasteiger partial charge in [0.05, 0.1) is 0 Å². The number of nitrogens with one attached hydrogen (secondary N) is 1. The van der Waals surface area contributed by atoms with Crippen LogP contribution in [-0.4, -0.2) is 36.7 Å². The van der Waals surface area contributed by atoms with Crippen LogP contribution in [0.5, 0.6) is 0 Å². The Bertz CT molecular complexity index is 554. The van der Waals surface area contributed by atoms with E-state index in [1.165, 1.54) is 11.1 Å². The van der Waals surface area contributed by atoms with Crippen LogP contribution >= 0.6 is 15.9 Å². The molecule has 1 atom stereocenters. The molecule has 2 rings (SSSR count). The van der Waals surface area contributed by atoms with Gasteiger partial charge < -0.3 is 15.0 Å². The molecule has 5 heteroatoms. The molecule has 0 fully saturated rings. The van der Waals surface area contributed by atoms with Crippen LogP contribution in [0.25, 0.3) is 0 Å². The number of hydrogen-bond donors (Lipinski definition) is 1. The average molecular weight is 383 g/mol. The molecule has 0 bridgehead atoms. The molecule has 0 heterocycles. The highest BCUT2D eigenvalue weighted by Gasteiger charge is 2.22. The van der Waals surface area contributed by atoms with Gasteiger partial charge in [0.25, 0.3) is 0 Å². The third-order valence-electron chi connectivity index (χ3n) is 3.95. The van der Waals surface area contributed by atoms with Gasteiger partial charge in [0.2, 0.25) is 0 Å². The second-order valence-corrected chi connectivity index (χ2v) is 8.06. The van der Waals surface area contributed by atoms with Crippen molar-refractivity contribution < 1.29 is 9.53 Å². The smallest absolute Gasteiger partial charge is 0.410 e. The molecule has 0 saturated carbocycles. The highest BCUT2D eigenvalue weighted by molar-refractivity contribution is 9.10. The number of halogens is 1. The van der Waals surface area contributed by atoms with Crippen LogP contribution in [-0.2, 0) is 11.2 Å². The number of fused-ring (bicyclic) bond motifs is 1. The normalized spacial score (nSPS) is 17.0. The summed E-state index contributed by atoms with van der Waals surface area (Å²) in [5.41, 5.74) is 2.40. The Morgan fingerprint density at radius 1 is 1.43 bits per heavy atom. The number of aryl methyl sites for hydroxylation is 1. The fourth-order valence-electron chi connectivity index (χ4n) is 2.82. The van der Waals surface area contributed by atoms with Gasteiger partial charge in [-0.3, -0.25) is 0 Å². The van der Waals surface area contributed by atoms with Gasteiger partial charge >= 0.3 is 6.09 Å². The molecule has 1 unspecified atom stereocenters. The van der Waals surface area contributed by atoms with Crippen molar-refractivity contribution in [2.24, 2.45) is 0 Å². The van der Waals surface area contributed by atoms with E-state index >= 15 is 0 Å². The number of rotatable bonds is 5. The van der Waals surface area contributed by atoms with Gasteiger partial charge in [-0.25, -0.2) is 4.79 Å². The van der Waals surface area contributed by atoms with Crippen LogP contribution in [0.3, 0.4) is 0 Å². The van der Waals surface area contributed by atoms with E-state index in [0.717, 1.165) is 30.3 Å². The highest BCUT2D eigenvalue weighted by atomic mass is 79.9. The van der Waals surface area contributed by atoms with Crippen LogP contribution in [0, 0.1) is 0 Å². The lowest BCUT2D eigenvalue weighted by Gasteiger charge is -2.24. The number of hydrogen-bond acceptors (Lipinski definition) is 3. The zero-order valence-corrected chi connectivity index (χ0v) is 16.1. The quantitative estimate of drug-likeness (QED) is 0.772. The molecule has 1 aliphatic carbocycles. The van der Waals surface area contributed by atoms with Gasteiger partial charge in [0, 0.05) is 24.1 Å². The third-order valence-corrected chi connectivity index (χ3v) is 4.44. The summed E-state index contributed by atoms with van der Waals surface area (Å²) in [6, 6.07) is 6.96. The van der Waals surface area contributed by atoms with Crippen LogP contribution in [0.1, 0.15) is 50.8 Å². The molecule has 0 saturated heterocycles. The van der Waals surface area contributed by atoms with Crippen molar-refractivity contribution in [3.8, 4) is 0 Å². The van der Waals surface area contributed by atoms with E-state index in [-0.39, 0.29) is 6.09 Å². The number of ether oxygens (including phenoxy) is 1. The summed E-state index contributed by atoms with van der Waals surface area (Å²) in [4.78, 5) is 13.5. The molecule has 23 heavy (non-hydrogen) atoms. The van der Waals surface area contributed by atoms with Crippen molar-refractivity contribution in [1.82, 2.24) is 10.2 Å². The standard InChI is InChI=1S/C18H27BrN2O2/c1-18(2,3)23-17(22)21(4)11-5-10-20-16-9-6-13-12-14(19)7-8-15(13)16/h7-8,12,16,20H,5-6,9-11H2,1-4H3. The first-order valence-corrected chi connectivity index (χ1v) is 9.01. The third kappa shape index (κ3) is 5.50. The summed E-state index contributed by atoms with van der Waals surface area (Å²) in [5, 5.41) is 3.61. The van der Waals surface area contributed by atoms with Crippen molar-refractivity contribution in [3.63, 3.8) is 0 Å². The fourth-order valence-corrected chi connectivity index (χ4v) is 3.23. The zero-order chi connectivity index (χ0) is 17.0. The van der Waals surface area contributed by atoms with E-state index in [4.69, 9.17) is 4.74 Å². The summed E-state index contributed by atoms with van der Waals surface area (Å²) in [6.45, 7) is 7.25. The molecule has 1 aromatic rings. The van der Waals surface area contributed by atoms with E-state index < -0.39 is 5.60 Å². The Hall–Kier alpha value is -1.07. The lowest BCUT2D eigenvalue weighted by molar-refractivity contribution is 0.0297. The van der Waals surface area contributed by atoms with Crippen LogP contribution < -0.4 is 5.32 Å². The van der Waals surface area contributed by atoms with E-state index in [2.05, 4.69) is 39.4 Å². The minimum absolute atomic E-state index is 0.256. The van der Waals surface area contributed by atoms with Crippen molar-refractivity contribution in [2.75, 3.05) is 20.1 Å². The Morgan fingerprint density at radius 3 is 2.87 bits per heavy atom. The van der Waals surface area contributed by atoms with Crippen molar-refractivity contribution in [3.05, 3.63) is 33.8 Å². The average Bonchev–Trinajstić information content (AvgIpc) is 2.83. The number of benzene rings is 1. The molecule has 1 aromatic carbocycles. The summed E-state index contributed by atoms with van der Waals surface area (Å²) in [7, 11) is 1.79. The first-order valence-electron chi connectivity index (χ1n) is 8.22. The van der Waals surface area contributed by atoms with Gasteiger partial charge in [-0.1, -0.05) is 22.0 Å². The second kappa shape index (κ2) is 7.67. The summed E-state index contributed by atoms with van der Waals surface area (Å²) < 4.78 is 6.50. The minimum atomic E-state index is -0.439. The molecular weight excluding hydrogens is 356 g/mol. The maximum atomic E-state index is 11.9. The first kappa shape index (κ1) is 18.3. The van der Waals surface area contributed by atoms with Gasteiger partial charge in [-0.05, 0) is 69.8 Å². The second-order valence-electron chi connectivity index (χ2n) is 7.14. The topological polar surface area (TPSA) is 41.6 Å². The van der Waals surface area contributed by atoms with Crippen molar-refractivity contribution in [1.29, 1.82) is 0 Å². The van der Waals surface area contributed by atoms with Gasteiger partial charge in [0.15, 0.2) is 0 Å². The molecule has 0 radical (unpaired) electrons. The molecule has 4 nitrogen and oxygen atoms in total. The van der Waals surface area contributed by atoms with Gasteiger partial charge in [0.1, 0.15) is 5.60 Å². The van der Waals surface area contributed by atoms with Crippen LogP contribution in [0.2, 0.25) is 0 Å². The van der Waals surface area contributed by atoms with Crippen LogP contribution in [0.15, 0.2) is 22.7 Å². The Balaban J connectivity index is 1.72. The molecule has 1 amide bonds. The van der Waals surface area contributed by atoms with E-state index in [0.29, 0.717) is 12.6 Å². The van der Waals surface area contributed by atoms with Crippen molar-refractivity contribution >= 4 is 22.0 Å². The summed E-state index contributed by atoms with van der Waals surface area (Å²) >= 11 is 3.53. The van der Waals surface area contributed by atoms with E-state index in [1.807, 2.05) is 20.8 Å². The molecule has 0 aliphatic heterocycles. The Kier molecular flexibility index (Phi) is 6.09. The largest absolute Gasteiger partial charge is 0.444 e. The molecule has 0 spiro atoms. The monoisotopic (exact) mass is 382 g/mol. The highest BCUT2D eigenvalue weighted by Crippen LogP contribution is 2.32. The first-order chi connectivity index (χ1) is 10.8. The van der Waals surface area contributed by atoms with Gasteiger partial charge in [-0.15, -0.1) is 0 Å². The number of carbonyl (C=O) groups excluding carboxylic acids is 1. The SMILES string of the molecule is CN(CCCNC1CCc2cc(Br)ccc21)C(=O)OC(C)(C)C. The van der Waals surface area contributed by atoms with E-state index in [9.17, 15) is 4.79 Å². The Morgan fingerprint density at radius 2 is 2.17 bits per heavy atom. The fraction of sp³-hybridized carbons (Fsp3) is 0.611. The minimum Gasteiger partial charge on any atom is -0.444 e. The lowest BCUT2D eigenvalue weighted by atomic mass is 10.1. The van der Waals surface area contributed by atoms with Crippen molar-refractivity contribution in [2.45, 2.75) is 51.7 Å². The summed E-state index contributed by atoms with van der Waals surface area (Å²) in [6.07, 6.45) is 2.93. The Labute approximate surface area is 147 Å². The molecular formula is C18H27BrN2O2. The predicted molar refractivity (Wildman–Crippen MR) is 96.7 cm³/mol. The number of carbonyl (C=O) groups is 1. The predicted octanol–water partition coefficient (Wildman–Crippen LogP) is 4.28. The maximum Gasteiger partial charge on any atom is 0.410 e. The van der Waals surface area contributed by atoms with Gasteiger partial charge in [-0.2, -0.15) is 0 Å². The van der Waals surface area contributed by atoms with Crippen LogP contribution in [0.4, 0.5) is 4.79 Å². The molecule has 128 valence electrons. The number of nitrogens with zero attached hydrogens (tertiary/aromatic N) is 1. The molecule has 0 aromatic heterocycles. The molecule has 1 N–H and O–H groups in total.